The van der Waals surface area contributed by atoms with Crippen molar-refractivity contribution in [2.24, 2.45) is 0 Å². The number of amides is 2. The molecule has 0 bridgehead atoms. The number of rotatable bonds is 4. The Morgan fingerprint density at radius 3 is 2.68 bits per heavy atom. The summed E-state index contributed by atoms with van der Waals surface area (Å²) in [7, 11) is 0. The number of hydrogen-bond donors (Lipinski definition) is 2. The van der Waals surface area contributed by atoms with Crippen molar-refractivity contribution in [1.29, 1.82) is 0 Å². The number of carbonyl (C=O) groups is 2. The van der Waals surface area contributed by atoms with Crippen LogP contribution in [0, 0.1) is 6.92 Å². The number of carbonyl (C=O) groups excluding carboxylic acids is 2. The molecule has 6 nitrogen and oxygen atoms in total. The summed E-state index contributed by atoms with van der Waals surface area (Å²) in [5, 5.41) is 11.0. The van der Waals surface area contributed by atoms with Crippen LogP contribution in [0.25, 0.3) is 11.1 Å². The van der Waals surface area contributed by atoms with E-state index in [1.54, 1.807) is 35.1 Å². The largest absolute Gasteiger partial charge is 0.325 e. The smallest absolute Gasteiger partial charge is 0.251 e. The van der Waals surface area contributed by atoms with Gasteiger partial charge in [-0.3, -0.25) is 9.59 Å². The van der Waals surface area contributed by atoms with E-state index >= 15 is 0 Å². The quantitative estimate of drug-likeness (QED) is 0.649. The van der Waals surface area contributed by atoms with Crippen LogP contribution in [0.1, 0.15) is 18.0 Å². The summed E-state index contributed by atoms with van der Waals surface area (Å²) in [6.07, 6.45) is 1.62. The molecule has 2 heterocycles. The second-order valence-corrected chi connectivity index (χ2v) is 7.44. The monoisotopic (exact) mass is 414 g/mol. The molecule has 4 rings (SSSR count). The van der Waals surface area contributed by atoms with E-state index in [0.29, 0.717) is 21.6 Å². The second-order valence-electron chi connectivity index (χ2n) is 6.60. The molecule has 0 fully saturated rings. The van der Waals surface area contributed by atoms with E-state index < -0.39 is 6.04 Å². The first-order chi connectivity index (χ1) is 13.4. The van der Waals surface area contributed by atoms with Crippen molar-refractivity contribution in [1.82, 2.24) is 9.78 Å². The zero-order chi connectivity index (χ0) is 19.8. The first-order valence-corrected chi connectivity index (χ1v) is 9.38. The third-order valence-electron chi connectivity index (χ3n) is 4.57. The van der Waals surface area contributed by atoms with Crippen LogP contribution >= 0.6 is 23.2 Å². The van der Waals surface area contributed by atoms with E-state index in [4.69, 9.17) is 23.2 Å². The Bertz CT molecular complexity index is 1080. The van der Waals surface area contributed by atoms with Crippen LogP contribution in [-0.2, 0) is 9.59 Å². The zero-order valence-electron chi connectivity index (χ0n) is 14.9. The Hall–Kier alpha value is -2.83. The summed E-state index contributed by atoms with van der Waals surface area (Å²) in [5.74, 6) is -0.0238. The molecular weight excluding hydrogens is 399 g/mol. The average molecular weight is 415 g/mol. The van der Waals surface area contributed by atoms with Crippen LogP contribution in [0.4, 0.5) is 11.5 Å². The van der Waals surface area contributed by atoms with Gasteiger partial charge in [0.25, 0.3) is 5.91 Å². The Morgan fingerprint density at radius 2 is 1.96 bits per heavy atom. The maximum absolute atomic E-state index is 12.5. The molecule has 0 aliphatic carbocycles. The van der Waals surface area contributed by atoms with Gasteiger partial charge in [-0.1, -0.05) is 41.4 Å². The Kier molecular flexibility index (Phi) is 4.83. The molecule has 1 atom stereocenters. The minimum atomic E-state index is -0.722. The van der Waals surface area contributed by atoms with E-state index in [1.165, 1.54) is 0 Å². The lowest BCUT2D eigenvalue weighted by atomic mass is 10.1. The number of aromatic nitrogens is 2. The molecule has 1 aliphatic heterocycles. The average Bonchev–Trinajstić information content (AvgIpc) is 3.18. The summed E-state index contributed by atoms with van der Waals surface area (Å²) in [6, 6.07) is 11.9. The van der Waals surface area contributed by atoms with Crippen molar-refractivity contribution in [3.8, 4) is 11.1 Å². The molecule has 28 heavy (non-hydrogen) atoms. The van der Waals surface area contributed by atoms with Gasteiger partial charge in [0.2, 0.25) is 5.91 Å². The molecule has 0 saturated carbocycles. The maximum atomic E-state index is 12.5. The van der Waals surface area contributed by atoms with Crippen LogP contribution in [-0.4, -0.2) is 21.6 Å². The highest BCUT2D eigenvalue weighted by atomic mass is 35.5. The van der Waals surface area contributed by atoms with Crippen LogP contribution in [0.15, 0.2) is 48.7 Å². The molecule has 0 spiro atoms. The normalized spacial score (nSPS) is 15.2. The number of fused-ring (bicyclic) bond motifs is 1. The summed E-state index contributed by atoms with van der Waals surface area (Å²) in [4.78, 5) is 24.9. The molecule has 1 aliphatic rings. The van der Waals surface area contributed by atoms with Crippen molar-refractivity contribution in [2.75, 3.05) is 10.6 Å². The molecule has 1 unspecified atom stereocenters. The third kappa shape index (κ3) is 3.48. The third-order valence-corrected chi connectivity index (χ3v) is 5.13. The predicted molar refractivity (Wildman–Crippen MR) is 110 cm³/mol. The number of benzene rings is 2. The highest BCUT2D eigenvalue weighted by Gasteiger charge is 2.35. The molecular formula is C20H16Cl2N4O2. The van der Waals surface area contributed by atoms with Gasteiger partial charge in [-0.2, -0.15) is 5.10 Å². The highest BCUT2D eigenvalue weighted by Crippen LogP contribution is 2.36. The summed E-state index contributed by atoms with van der Waals surface area (Å²) < 4.78 is 1.54. The highest BCUT2D eigenvalue weighted by molar-refractivity contribution is 6.33. The van der Waals surface area contributed by atoms with Gasteiger partial charge in [-0.05, 0) is 42.3 Å². The first kappa shape index (κ1) is 18.5. The van der Waals surface area contributed by atoms with Crippen molar-refractivity contribution in [3.63, 3.8) is 0 Å². The van der Waals surface area contributed by atoms with Crippen molar-refractivity contribution >= 4 is 46.5 Å². The number of nitrogens with one attached hydrogen (secondary N) is 2. The van der Waals surface area contributed by atoms with Crippen LogP contribution in [0.5, 0.6) is 0 Å². The predicted octanol–water partition coefficient (Wildman–Crippen LogP) is 4.69. The molecule has 1 aromatic heterocycles. The Morgan fingerprint density at radius 1 is 1.21 bits per heavy atom. The minimum absolute atomic E-state index is 0.0508. The second kappa shape index (κ2) is 7.30. The fourth-order valence-electron chi connectivity index (χ4n) is 3.15. The molecule has 0 saturated heterocycles. The standard InChI is InChI=1S/C20H16Cl2N4O2/c1-11-2-7-16(15(22)8-11)24-18(27)9-17-20(28)25-19-14(10-23-26(17)19)12-3-5-13(21)6-4-12/h2-8,10,17H,9H2,1H3,(H,24,27)(H,25,28). The van der Waals surface area contributed by atoms with Gasteiger partial charge in [0.15, 0.2) is 0 Å². The zero-order valence-corrected chi connectivity index (χ0v) is 16.4. The number of anilines is 2. The van der Waals surface area contributed by atoms with Crippen LogP contribution in [0.2, 0.25) is 10.0 Å². The number of halogens is 2. The van der Waals surface area contributed by atoms with Gasteiger partial charge in [-0.25, -0.2) is 4.68 Å². The lowest BCUT2D eigenvalue weighted by molar-refractivity contribution is -0.123. The van der Waals surface area contributed by atoms with E-state index in [1.807, 2.05) is 25.1 Å². The van der Waals surface area contributed by atoms with Crippen LogP contribution in [0.3, 0.4) is 0 Å². The molecule has 0 radical (unpaired) electrons. The Labute approximate surface area is 171 Å². The minimum Gasteiger partial charge on any atom is -0.325 e. The SMILES string of the molecule is Cc1ccc(NC(=O)CC2C(=O)Nc3c(-c4ccc(Cl)cc4)cnn32)c(Cl)c1. The molecule has 3 aromatic rings. The first-order valence-electron chi connectivity index (χ1n) is 8.62. The van der Waals surface area contributed by atoms with E-state index in [-0.39, 0.29) is 18.2 Å². The van der Waals surface area contributed by atoms with Gasteiger partial charge in [0.05, 0.1) is 23.3 Å². The molecule has 8 heteroatoms. The lowest BCUT2D eigenvalue weighted by Gasteiger charge is -2.11. The van der Waals surface area contributed by atoms with Gasteiger partial charge >= 0.3 is 0 Å². The lowest BCUT2D eigenvalue weighted by Crippen LogP contribution is -2.23. The topological polar surface area (TPSA) is 76.0 Å². The van der Waals surface area contributed by atoms with Gasteiger partial charge in [0.1, 0.15) is 11.9 Å². The molecule has 142 valence electrons. The van der Waals surface area contributed by atoms with Crippen molar-refractivity contribution in [3.05, 3.63) is 64.3 Å². The fraction of sp³-hybridized carbons (Fsp3) is 0.150. The summed E-state index contributed by atoms with van der Waals surface area (Å²) in [6.45, 7) is 1.91. The summed E-state index contributed by atoms with van der Waals surface area (Å²) in [5.41, 5.74) is 3.16. The number of nitrogens with zero attached hydrogens (tertiary/aromatic N) is 2. The number of hydrogen-bond acceptors (Lipinski definition) is 3. The van der Waals surface area contributed by atoms with Crippen molar-refractivity contribution in [2.45, 2.75) is 19.4 Å². The summed E-state index contributed by atoms with van der Waals surface area (Å²) >= 11 is 12.1. The van der Waals surface area contributed by atoms with E-state index in [9.17, 15) is 9.59 Å². The molecule has 2 amide bonds. The van der Waals surface area contributed by atoms with Crippen LogP contribution < -0.4 is 10.6 Å². The molecule has 2 N–H and O–H groups in total. The van der Waals surface area contributed by atoms with Gasteiger partial charge < -0.3 is 10.6 Å². The van der Waals surface area contributed by atoms with Gasteiger partial charge in [0, 0.05) is 10.6 Å². The van der Waals surface area contributed by atoms with Crippen molar-refractivity contribution < 1.29 is 9.59 Å². The number of aryl methyl sites for hydroxylation is 1. The fourth-order valence-corrected chi connectivity index (χ4v) is 3.56. The Balaban J connectivity index is 1.53. The maximum Gasteiger partial charge on any atom is 0.251 e. The van der Waals surface area contributed by atoms with E-state index in [2.05, 4.69) is 15.7 Å². The molecule has 2 aromatic carbocycles. The van der Waals surface area contributed by atoms with Gasteiger partial charge in [-0.15, -0.1) is 0 Å². The van der Waals surface area contributed by atoms with E-state index in [0.717, 1.165) is 16.7 Å².